The Morgan fingerprint density at radius 2 is 1.78 bits per heavy atom. The maximum atomic E-state index is 12.5. The minimum absolute atomic E-state index is 0.00292. The highest BCUT2D eigenvalue weighted by Crippen LogP contribution is 2.35. The van der Waals surface area contributed by atoms with E-state index in [0.717, 1.165) is 24.3 Å². The number of carbonyl (C=O) groups excluding carboxylic acids is 1. The van der Waals surface area contributed by atoms with Crippen molar-refractivity contribution in [3.8, 4) is 11.5 Å². The van der Waals surface area contributed by atoms with Crippen LogP contribution in [0, 0.1) is 5.82 Å². The summed E-state index contributed by atoms with van der Waals surface area (Å²) < 4.78 is 23.4. The minimum atomic E-state index is -0.497. The molecular formula is C28H40ClFN4O3. The molecule has 0 aromatic heterocycles. The fourth-order valence-corrected chi connectivity index (χ4v) is 5.07. The Balaban J connectivity index is 0.000000289. The molecule has 204 valence electrons. The van der Waals surface area contributed by atoms with Crippen LogP contribution >= 0.6 is 11.6 Å². The van der Waals surface area contributed by atoms with Gasteiger partial charge in [-0.15, -0.1) is 0 Å². The maximum Gasteiger partial charge on any atom is 0.211 e. The highest BCUT2D eigenvalue weighted by molar-refractivity contribution is 6.31. The highest BCUT2D eigenvalue weighted by Gasteiger charge is 2.24. The van der Waals surface area contributed by atoms with Gasteiger partial charge in [0.05, 0.1) is 19.2 Å². The highest BCUT2D eigenvalue weighted by atomic mass is 35.5. The Kier molecular flexibility index (Phi) is 11.4. The van der Waals surface area contributed by atoms with E-state index in [1.165, 1.54) is 81.4 Å². The van der Waals surface area contributed by atoms with Gasteiger partial charge in [0.25, 0.3) is 0 Å². The average molecular weight is 535 g/mol. The number of ether oxygens (including phenoxy) is 2. The summed E-state index contributed by atoms with van der Waals surface area (Å²) in [5.41, 5.74) is 3.32. The molecule has 0 saturated carbocycles. The van der Waals surface area contributed by atoms with Crippen LogP contribution < -0.4 is 14.8 Å². The third-order valence-electron chi connectivity index (χ3n) is 7.26. The molecule has 1 saturated heterocycles. The number of benzene rings is 2. The van der Waals surface area contributed by atoms with E-state index in [1.54, 1.807) is 14.2 Å². The first-order valence-corrected chi connectivity index (χ1v) is 13.2. The number of methoxy groups -OCH3 is 2. The molecule has 1 unspecified atom stereocenters. The van der Waals surface area contributed by atoms with Gasteiger partial charge in [0.15, 0.2) is 11.5 Å². The summed E-state index contributed by atoms with van der Waals surface area (Å²) in [4.78, 5) is 17.5. The largest absolute Gasteiger partial charge is 0.493 e. The number of carbonyl (C=O) groups is 1. The molecule has 7 nitrogen and oxygen atoms in total. The molecule has 9 heteroatoms. The maximum absolute atomic E-state index is 12.5. The molecule has 0 spiro atoms. The first kappa shape index (κ1) is 29.2. The Morgan fingerprint density at radius 3 is 2.41 bits per heavy atom. The second-order valence-electron chi connectivity index (χ2n) is 9.74. The number of anilines is 1. The number of likely N-dealkylation sites (N-methyl/N-ethyl adjacent to an activating group) is 2. The predicted molar refractivity (Wildman–Crippen MR) is 148 cm³/mol. The Labute approximate surface area is 225 Å². The SMILES string of the molecule is COc1cc2c(cc1OC)CC(N(C)CCCN1CCN(C)CC1)CC2.O=CNc1ccc(F)c(Cl)c1. The lowest BCUT2D eigenvalue weighted by Crippen LogP contribution is -2.45. The van der Waals surface area contributed by atoms with E-state index in [9.17, 15) is 9.18 Å². The number of piperazine rings is 1. The van der Waals surface area contributed by atoms with Crippen LogP contribution in [0.3, 0.4) is 0 Å². The van der Waals surface area contributed by atoms with Crippen molar-refractivity contribution in [2.75, 3.05) is 72.9 Å². The summed E-state index contributed by atoms with van der Waals surface area (Å²) in [5, 5.41) is 2.34. The summed E-state index contributed by atoms with van der Waals surface area (Å²) in [6.07, 6.45) is 5.23. The fraction of sp³-hybridized carbons (Fsp3) is 0.536. The van der Waals surface area contributed by atoms with Crippen molar-refractivity contribution in [3.05, 3.63) is 52.3 Å². The van der Waals surface area contributed by atoms with Gasteiger partial charge in [-0.2, -0.15) is 0 Å². The summed E-state index contributed by atoms with van der Waals surface area (Å²) in [7, 11) is 7.94. The Bertz CT molecular complexity index is 1020. The molecule has 1 N–H and O–H groups in total. The topological polar surface area (TPSA) is 57.3 Å². The van der Waals surface area contributed by atoms with E-state index >= 15 is 0 Å². The summed E-state index contributed by atoms with van der Waals surface area (Å²) in [5.74, 6) is 1.21. The number of fused-ring (bicyclic) bond motifs is 1. The van der Waals surface area contributed by atoms with Gasteiger partial charge >= 0.3 is 0 Å². The van der Waals surface area contributed by atoms with Crippen LogP contribution in [-0.2, 0) is 17.6 Å². The molecule has 1 aliphatic heterocycles. The van der Waals surface area contributed by atoms with Crippen LogP contribution in [-0.4, -0.2) is 94.7 Å². The molecule has 1 amide bonds. The molecule has 2 aliphatic rings. The van der Waals surface area contributed by atoms with E-state index in [-0.39, 0.29) is 5.02 Å². The van der Waals surface area contributed by atoms with E-state index in [4.69, 9.17) is 21.1 Å². The normalized spacial score (nSPS) is 18.0. The van der Waals surface area contributed by atoms with Crippen LogP contribution in [0.4, 0.5) is 10.1 Å². The number of hydrogen-bond acceptors (Lipinski definition) is 6. The van der Waals surface area contributed by atoms with Crippen LogP contribution in [0.15, 0.2) is 30.3 Å². The van der Waals surface area contributed by atoms with Gasteiger partial charge in [0.1, 0.15) is 5.82 Å². The van der Waals surface area contributed by atoms with Crippen molar-refractivity contribution in [3.63, 3.8) is 0 Å². The molecule has 1 fully saturated rings. The fourth-order valence-electron chi connectivity index (χ4n) is 4.89. The van der Waals surface area contributed by atoms with Crippen LogP contribution in [0.1, 0.15) is 24.0 Å². The van der Waals surface area contributed by atoms with Gasteiger partial charge in [-0.3, -0.25) is 4.79 Å². The lowest BCUT2D eigenvalue weighted by atomic mass is 9.87. The lowest BCUT2D eigenvalue weighted by Gasteiger charge is -2.35. The monoisotopic (exact) mass is 534 g/mol. The molecule has 1 atom stereocenters. The standard InChI is InChI=1S/C21H35N3O2.C7H5ClFNO/c1-22-10-12-24(13-11-22)9-5-8-23(2)19-7-6-17-15-20(25-3)21(26-4)16-18(17)14-19;8-6-3-5(10-4-11)1-2-7(6)9/h15-16,19H,5-14H2,1-4H3;1-4H,(H,10,11). The number of nitrogens with zero attached hydrogens (tertiary/aromatic N) is 3. The van der Waals surface area contributed by atoms with Crippen molar-refractivity contribution in [2.24, 2.45) is 0 Å². The molecular weight excluding hydrogens is 495 g/mol. The zero-order chi connectivity index (χ0) is 26.8. The molecule has 2 aromatic rings. The van der Waals surface area contributed by atoms with Crippen LogP contribution in [0.25, 0.3) is 0 Å². The van der Waals surface area contributed by atoms with E-state index < -0.39 is 5.82 Å². The van der Waals surface area contributed by atoms with Crippen LogP contribution in [0.5, 0.6) is 11.5 Å². The van der Waals surface area contributed by atoms with Crippen molar-refractivity contribution in [2.45, 2.75) is 31.7 Å². The van der Waals surface area contributed by atoms with Gasteiger partial charge in [-0.1, -0.05) is 11.6 Å². The van der Waals surface area contributed by atoms with Crippen molar-refractivity contribution < 1.29 is 18.7 Å². The zero-order valence-electron chi connectivity index (χ0n) is 22.4. The van der Waals surface area contributed by atoms with E-state index in [2.05, 4.69) is 46.2 Å². The molecule has 0 radical (unpaired) electrons. The molecule has 1 heterocycles. The van der Waals surface area contributed by atoms with E-state index in [0.29, 0.717) is 18.1 Å². The lowest BCUT2D eigenvalue weighted by molar-refractivity contribution is -0.105. The Morgan fingerprint density at radius 1 is 1.11 bits per heavy atom. The summed E-state index contributed by atoms with van der Waals surface area (Å²) in [6.45, 7) is 7.27. The number of amides is 1. The first-order chi connectivity index (χ1) is 17.8. The van der Waals surface area contributed by atoms with Crippen molar-refractivity contribution >= 4 is 23.7 Å². The molecule has 0 bridgehead atoms. The molecule has 37 heavy (non-hydrogen) atoms. The van der Waals surface area contributed by atoms with Gasteiger partial charge < -0.3 is 29.5 Å². The van der Waals surface area contributed by atoms with Gasteiger partial charge in [-0.05, 0) is 94.3 Å². The van der Waals surface area contributed by atoms with Crippen molar-refractivity contribution in [1.82, 2.24) is 14.7 Å². The number of aryl methyl sites for hydroxylation is 1. The second kappa shape index (κ2) is 14.5. The molecule has 2 aromatic carbocycles. The predicted octanol–water partition coefficient (Wildman–Crippen LogP) is 4.18. The number of halogens is 2. The smallest absolute Gasteiger partial charge is 0.211 e. The number of hydrogen-bond donors (Lipinski definition) is 1. The van der Waals surface area contributed by atoms with E-state index in [1.807, 2.05) is 0 Å². The number of rotatable bonds is 9. The minimum Gasteiger partial charge on any atom is -0.493 e. The first-order valence-electron chi connectivity index (χ1n) is 12.8. The third kappa shape index (κ3) is 8.57. The van der Waals surface area contributed by atoms with Gasteiger partial charge in [0, 0.05) is 37.9 Å². The average Bonchev–Trinajstić information content (AvgIpc) is 2.91. The third-order valence-corrected chi connectivity index (χ3v) is 7.55. The summed E-state index contributed by atoms with van der Waals surface area (Å²) >= 11 is 5.42. The summed E-state index contributed by atoms with van der Waals surface area (Å²) in [6, 6.07) is 8.93. The van der Waals surface area contributed by atoms with Gasteiger partial charge in [0.2, 0.25) is 6.41 Å². The second-order valence-corrected chi connectivity index (χ2v) is 10.1. The number of nitrogens with one attached hydrogen (secondary N) is 1. The Hall–Kier alpha value is -2.39. The van der Waals surface area contributed by atoms with Gasteiger partial charge in [-0.25, -0.2) is 4.39 Å². The quantitative estimate of drug-likeness (QED) is 0.487. The molecule has 4 rings (SSSR count). The molecule has 1 aliphatic carbocycles. The zero-order valence-corrected chi connectivity index (χ0v) is 23.2. The van der Waals surface area contributed by atoms with Crippen LogP contribution in [0.2, 0.25) is 5.02 Å². The van der Waals surface area contributed by atoms with Crippen molar-refractivity contribution in [1.29, 1.82) is 0 Å².